The van der Waals surface area contributed by atoms with Gasteiger partial charge < -0.3 is 14.6 Å². The quantitative estimate of drug-likeness (QED) is 0.859. The van der Waals surface area contributed by atoms with Gasteiger partial charge in [-0.25, -0.2) is 4.39 Å². The zero-order valence-corrected chi connectivity index (χ0v) is 13.8. The highest BCUT2D eigenvalue weighted by Crippen LogP contribution is 2.36. The molecule has 1 aromatic rings. The number of rotatable bonds is 3. The van der Waals surface area contributed by atoms with Crippen LogP contribution in [0.2, 0.25) is 0 Å². The molecule has 0 aliphatic carbocycles. The Morgan fingerprint density at radius 1 is 1.48 bits per heavy atom. The van der Waals surface area contributed by atoms with Crippen molar-refractivity contribution in [1.29, 1.82) is 0 Å². The molecule has 2 heterocycles. The van der Waals surface area contributed by atoms with Crippen molar-refractivity contribution >= 4 is 17.3 Å². The number of nitrogens with zero attached hydrogens (tertiary/aromatic N) is 3. The molecule has 0 bridgehead atoms. The Labute approximate surface area is 135 Å². The van der Waals surface area contributed by atoms with E-state index in [4.69, 9.17) is 4.84 Å². The van der Waals surface area contributed by atoms with Gasteiger partial charge in [0.05, 0.1) is 6.54 Å². The van der Waals surface area contributed by atoms with Gasteiger partial charge in [-0.2, -0.15) is 0 Å². The highest BCUT2D eigenvalue weighted by molar-refractivity contribution is 6.39. The van der Waals surface area contributed by atoms with Crippen LogP contribution in [-0.4, -0.2) is 48.3 Å². The molecule has 0 aromatic heterocycles. The minimum atomic E-state index is -0.463. The first-order valence-corrected chi connectivity index (χ1v) is 7.93. The topological polar surface area (TPSA) is 45.1 Å². The second-order valence-electron chi connectivity index (χ2n) is 6.65. The molecule has 5 nitrogen and oxygen atoms in total. The van der Waals surface area contributed by atoms with E-state index in [-0.39, 0.29) is 17.8 Å². The lowest BCUT2D eigenvalue weighted by Gasteiger charge is -2.24. The highest BCUT2D eigenvalue weighted by Gasteiger charge is 2.47. The third-order valence-electron chi connectivity index (χ3n) is 4.67. The molecule has 3 rings (SSSR count). The molecule has 1 amide bonds. The molecule has 2 aliphatic heterocycles. The van der Waals surface area contributed by atoms with Crippen molar-refractivity contribution < 1.29 is 14.0 Å². The monoisotopic (exact) mass is 319 g/mol. The van der Waals surface area contributed by atoms with Gasteiger partial charge in [-0.15, -0.1) is 0 Å². The van der Waals surface area contributed by atoms with E-state index in [9.17, 15) is 9.18 Å². The van der Waals surface area contributed by atoms with Crippen molar-refractivity contribution in [1.82, 2.24) is 4.90 Å². The summed E-state index contributed by atoms with van der Waals surface area (Å²) >= 11 is 0. The molecule has 1 fully saturated rings. The molecule has 0 saturated carbocycles. The van der Waals surface area contributed by atoms with Gasteiger partial charge in [0.2, 0.25) is 0 Å². The molecule has 6 heteroatoms. The zero-order chi connectivity index (χ0) is 16.6. The summed E-state index contributed by atoms with van der Waals surface area (Å²) in [4.78, 5) is 21.8. The zero-order valence-electron chi connectivity index (χ0n) is 13.8. The van der Waals surface area contributed by atoms with Crippen molar-refractivity contribution in [2.24, 2.45) is 5.16 Å². The smallest absolute Gasteiger partial charge is 0.271 e. The van der Waals surface area contributed by atoms with Crippen molar-refractivity contribution in [2.45, 2.75) is 38.3 Å². The molecule has 124 valence electrons. The van der Waals surface area contributed by atoms with Gasteiger partial charge in [0.1, 0.15) is 11.5 Å². The fourth-order valence-corrected chi connectivity index (χ4v) is 3.03. The van der Waals surface area contributed by atoms with Gasteiger partial charge in [0.25, 0.3) is 5.91 Å². The van der Waals surface area contributed by atoms with Crippen LogP contribution in [-0.2, 0) is 9.63 Å². The Morgan fingerprint density at radius 2 is 2.26 bits per heavy atom. The summed E-state index contributed by atoms with van der Waals surface area (Å²) in [6, 6.07) is 6.66. The Bertz CT molecular complexity index is 646. The van der Waals surface area contributed by atoms with Crippen LogP contribution in [0, 0.1) is 5.82 Å². The minimum Gasteiger partial charge on any atom is -0.386 e. The average molecular weight is 319 g/mol. The molecule has 1 saturated heterocycles. The van der Waals surface area contributed by atoms with E-state index in [1.807, 2.05) is 19.9 Å². The number of anilines is 1. The molecule has 2 aliphatic rings. The minimum absolute atomic E-state index is 0.0823. The maximum Gasteiger partial charge on any atom is 0.271 e. The van der Waals surface area contributed by atoms with Gasteiger partial charge in [-0.1, -0.05) is 11.2 Å². The third-order valence-corrected chi connectivity index (χ3v) is 4.67. The Balaban J connectivity index is 1.67. The Morgan fingerprint density at radius 3 is 2.96 bits per heavy atom. The summed E-state index contributed by atoms with van der Waals surface area (Å²) in [7, 11) is 1.77. The molecule has 0 radical (unpaired) electrons. The number of halogens is 1. The van der Waals surface area contributed by atoms with Gasteiger partial charge in [-0.05, 0) is 32.0 Å². The number of hydrogen-bond acceptors (Lipinski definition) is 4. The molecule has 1 atom stereocenters. The van der Waals surface area contributed by atoms with E-state index < -0.39 is 5.60 Å². The van der Waals surface area contributed by atoms with Crippen LogP contribution in [0.3, 0.4) is 0 Å². The largest absolute Gasteiger partial charge is 0.386 e. The van der Waals surface area contributed by atoms with E-state index in [1.165, 1.54) is 12.1 Å². The SMILES string of the molecule is CC(C)N(C)C(=O)C1=NOC2(CCN(c3cccc(F)c3)C2)C1. The fourth-order valence-electron chi connectivity index (χ4n) is 3.03. The lowest BCUT2D eigenvalue weighted by Crippen LogP contribution is -2.40. The molecule has 1 spiro atoms. The summed E-state index contributed by atoms with van der Waals surface area (Å²) in [5, 5.41) is 4.04. The molecular formula is C17H22FN3O2. The number of hydrogen-bond donors (Lipinski definition) is 0. The molecule has 1 unspecified atom stereocenters. The normalized spacial score (nSPS) is 23.3. The molecule has 0 N–H and O–H groups in total. The van der Waals surface area contributed by atoms with Crippen LogP contribution in [0.5, 0.6) is 0 Å². The van der Waals surface area contributed by atoms with Crippen molar-refractivity contribution in [3.8, 4) is 0 Å². The number of amides is 1. The van der Waals surface area contributed by atoms with Crippen molar-refractivity contribution in [3.63, 3.8) is 0 Å². The first-order chi connectivity index (χ1) is 10.9. The molecule has 23 heavy (non-hydrogen) atoms. The second-order valence-corrected chi connectivity index (χ2v) is 6.65. The fraction of sp³-hybridized carbons (Fsp3) is 0.529. The van der Waals surface area contributed by atoms with Crippen LogP contribution < -0.4 is 4.90 Å². The summed E-state index contributed by atoms with van der Waals surface area (Å²) in [5.41, 5.74) is 0.849. The first kappa shape index (κ1) is 15.8. The van der Waals surface area contributed by atoms with E-state index in [2.05, 4.69) is 10.1 Å². The Kier molecular flexibility index (Phi) is 4.00. The summed E-state index contributed by atoms with van der Waals surface area (Å²) < 4.78 is 13.4. The standard InChI is InChI=1S/C17H22FN3O2/c1-12(2)20(3)16(22)15-10-17(23-19-15)7-8-21(11-17)14-6-4-5-13(18)9-14/h4-6,9,12H,7-8,10-11H2,1-3H3. The number of benzene rings is 1. The predicted molar refractivity (Wildman–Crippen MR) is 87.0 cm³/mol. The summed E-state index contributed by atoms with van der Waals surface area (Å²) in [6.07, 6.45) is 1.28. The number of carbonyl (C=O) groups is 1. The predicted octanol–water partition coefficient (Wildman–Crippen LogP) is 2.42. The molecular weight excluding hydrogens is 297 g/mol. The lowest BCUT2D eigenvalue weighted by atomic mass is 9.96. The van der Waals surface area contributed by atoms with Gasteiger partial charge in [-0.3, -0.25) is 4.79 Å². The van der Waals surface area contributed by atoms with E-state index in [1.54, 1.807) is 18.0 Å². The summed E-state index contributed by atoms with van der Waals surface area (Å²) in [5.74, 6) is -0.331. The Hall–Kier alpha value is -2.11. The highest BCUT2D eigenvalue weighted by atomic mass is 19.1. The van der Waals surface area contributed by atoms with E-state index >= 15 is 0 Å². The lowest BCUT2D eigenvalue weighted by molar-refractivity contribution is -0.124. The van der Waals surface area contributed by atoms with Gasteiger partial charge in [0.15, 0.2) is 5.60 Å². The van der Waals surface area contributed by atoms with E-state index in [0.29, 0.717) is 18.7 Å². The van der Waals surface area contributed by atoms with Crippen LogP contribution in [0.4, 0.5) is 10.1 Å². The molecule has 1 aromatic carbocycles. The van der Waals surface area contributed by atoms with Gasteiger partial charge in [0, 0.05) is 38.2 Å². The van der Waals surface area contributed by atoms with Crippen LogP contribution in [0.25, 0.3) is 0 Å². The summed E-state index contributed by atoms with van der Waals surface area (Å²) in [6.45, 7) is 5.30. The van der Waals surface area contributed by atoms with Crippen molar-refractivity contribution in [2.75, 3.05) is 25.0 Å². The third kappa shape index (κ3) is 3.02. The maximum absolute atomic E-state index is 13.4. The van der Waals surface area contributed by atoms with Crippen LogP contribution >= 0.6 is 0 Å². The van der Waals surface area contributed by atoms with Gasteiger partial charge >= 0.3 is 0 Å². The second kappa shape index (κ2) is 5.83. The van der Waals surface area contributed by atoms with Crippen LogP contribution in [0.15, 0.2) is 29.4 Å². The van der Waals surface area contributed by atoms with Crippen LogP contribution in [0.1, 0.15) is 26.7 Å². The number of carbonyl (C=O) groups excluding carboxylic acids is 1. The average Bonchev–Trinajstić information content (AvgIpc) is 3.13. The van der Waals surface area contributed by atoms with E-state index in [0.717, 1.165) is 18.7 Å². The van der Waals surface area contributed by atoms with Crippen molar-refractivity contribution in [3.05, 3.63) is 30.1 Å². The maximum atomic E-state index is 13.4. The first-order valence-electron chi connectivity index (χ1n) is 7.93. The number of oxime groups is 1.